The molecule has 1 aromatic carbocycles. The Morgan fingerprint density at radius 2 is 1.51 bits per heavy atom. The summed E-state index contributed by atoms with van der Waals surface area (Å²) in [6.07, 6.45) is 3.04. The van der Waals surface area contributed by atoms with Crippen LogP contribution >= 0.6 is 0 Å². The Hall–Kier alpha value is -4.33. The fourth-order valence-electron chi connectivity index (χ4n) is 3.75. The molecule has 0 aliphatic heterocycles. The van der Waals surface area contributed by atoms with Crippen molar-refractivity contribution in [1.29, 1.82) is 10.8 Å². The number of benzene rings is 1. The zero-order valence-electron chi connectivity index (χ0n) is 20.5. The van der Waals surface area contributed by atoms with Crippen molar-refractivity contribution in [3.8, 4) is 0 Å². The van der Waals surface area contributed by atoms with Gasteiger partial charge in [0.15, 0.2) is 11.9 Å². The second kappa shape index (κ2) is 14.3. The number of carbonyl (C=O) groups is 3. The van der Waals surface area contributed by atoms with E-state index in [9.17, 15) is 19.5 Å². The van der Waals surface area contributed by atoms with Gasteiger partial charge in [-0.15, -0.1) is 0 Å². The van der Waals surface area contributed by atoms with Crippen LogP contribution in [0.1, 0.15) is 31.2 Å². The molecule has 0 aliphatic carbocycles. The number of hydrogen-bond acceptors (Lipinski definition) is 6. The van der Waals surface area contributed by atoms with Crippen molar-refractivity contribution in [1.82, 2.24) is 26.3 Å². The van der Waals surface area contributed by atoms with E-state index in [0.717, 1.165) is 16.5 Å². The number of hydrogen-bond donors (Lipinski definition) is 11. The molecule has 0 saturated carbocycles. The van der Waals surface area contributed by atoms with Crippen LogP contribution in [0, 0.1) is 10.8 Å². The lowest BCUT2D eigenvalue weighted by molar-refractivity contribution is -0.142. The number of nitrogens with one attached hydrogen (secondary N) is 7. The van der Waals surface area contributed by atoms with E-state index in [2.05, 4.69) is 26.3 Å². The van der Waals surface area contributed by atoms with Gasteiger partial charge in [0.1, 0.15) is 12.1 Å². The van der Waals surface area contributed by atoms with Gasteiger partial charge in [0, 0.05) is 36.6 Å². The largest absolute Gasteiger partial charge is 0.480 e. The van der Waals surface area contributed by atoms with Crippen molar-refractivity contribution in [2.75, 3.05) is 13.1 Å². The summed E-state index contributed by atoms with van der Waals surface area (Å²) in [7, 11) is 0. The third kappa shape index (κ3) is 9.68. The third-order valence-electron chi connectivity index (χ3n) is 5.68. The molecule has 1 heterocycles. The molecule has 1 aromatic heterocycles. The molecule has 0 unspecified atom stereocenters. The van der Waals surface area contributed by atoms with Crippen molar-refractivity contribution in [3.05, 3.63) is 36.0 Å². The van der Waals surface area contributed by atoms with E-state index >= 15 is 0 Å². The summed E-state index contributed by atoms with van der Waals surface area (Å²) in [6, 6.07) is 4.24. The Kier molecular flexibility index (Phi) is 11.2. The summed E-state index contributed by atoms with van der Waals surface area (Å²) in [4.78, 5) is 40.8. The van der Waals surface area contributed by atoms with Gasteiger partial charge in [-0.2, -0.15) is 0 Å². The standard InChI is InChI=1S/C23H36N10O4/c24-15(6-3-9-29-22(25)26)19(34)32-17(8-4-10-30-23(27)28)20(35)33-18(21(36)37)11-13-12-31-16-7-2-1-5-14(13)16/h1-2,5,7,12,15,17-18,31H,3-4,6,8-11,24H2,(H,32,34)(H,33,35)(H,36,37)(H4,25,26,29)(H4,27,28,30)/t15-,17-,18-/m0/s1. The van der Waals surface area contributed by atoms with E-state index in [1.54, 1.807) is 6.20 Å². The molecule has 2 rings (SSSR count). The minimum atomic E-state index is -1.23. The smallest absolute Gasteiger partial charge is 0.326 e. The number of rotatable bonds is 15. The van der Waals surface area contributed by atoms with Crippen molar-refractivity contribution in [2.24, 2.45) is 17.2 Å². The predicted molar refractivity (Wildman–Crippen MR) is 140 cm³/mol. The number of para-hydroxylation sites is 1. The fraction of sp³-hybridized carbons (Fsp3) is 0.435. The van der Waals surface area contributed by atoms with Gasteiger partial charge >= 0.3 is 5.97 Å². The SMILES string of the molecule is N=C(N)NCCC[C@H](NC(=O)[C@@H](N)CCCNC(=N)N)C(=O)N[C@@H](Cc1c[nH]c2ccccc12)C(=O)O. The van der Waals surface area contributed by atoms with Crippen LogP contribution in [-0.2, 0) is 20.8 Å². The Balaban J connectivity index is 2.05. The van der Waals surface area contributed by atoms with Crippen LogP contribution in [0.3, 0.4) is 0 Å². The first kappa shape index (κ1) is 28.9. The first-order valence-corrected chi connectivity index (χ1v) is 11.9. The maximum atomic E-state index is 13.1. The molecule has 202 valence electrons. The molecule has 14 heteroatoms. The number of carbonyl (C=O) groups excluding carboxylic acids is 2. The maximum absolute atomic E-state index is 13.1. The van der Waals surface area contributed by atoms with Crippen molar-refractivity contribution >= 4 is 40.6 Å². The first-order valence-electron chi connectivity index (χ1n) is 11.9. The Labute approximate surface area is 214 Å². The number of aromatic amines is 1. The predicted octanol–water partition coefficient (Wildman–Crippen LogP) is -1.38. The highest BCUT2D eigenvalue weighted by atomic mass is 16.4. The number of aliphatic carboxylic acids is 1. The number of fused-ring (bicyclic) bond motifs is 1. The van der Waals surface area contributed by atoms with E-state index in [0.29, 0.717) is 19.4 Å². The van der Waals surface area contributed by atoms with E-state index in [1.807, 2.05) is 24.3 Å². The van der Waals surface area contributed by atoms with Crippen LogP contribution < -0.4 is 38.5 Å². The number of nitrogens with two attached hydrogens (primary N) is 3. The summed E-state index contributed by atoms with van der Waals surface area (Å²) in [5.74, 6) is -2.85. The summed E-state index contributed by atoms with van der Waals surface area (Å²) in [5, 5.41) is 35.4. The van der Waals surface area contributed by atoms with E-state index in [1.165, 1.54) is 0 Å². The molecule has 37 heavy (non-hydrogen) atoms. The van der Waals surface area contributed by atoms with Gasteiger partial charge in [-0.25, -0.2) is 4.79 Å². The normalized spacial score (nSPS) is 13.2. The Morgan fingerprint density at radius 3 is 2.14 bits per heavy atom. The number of carboxylic acids is 1. The summed E-state index contributed by atoms with van der Waals surface area (Å²) in [5.41, 5.74) is 18.0. The van der Waals surface area contributed by atoms with Crippen LogP contribution in [-0.4, -0.2) is 71.0 Å². The number of guanidine groups is 2. The lowest BCUT2D eigenvalue weighted by Gasteiger charge is -2.23. The molecule has 0 aliphatic rings. The minimum absolute atomic E-state index is 0.0420. The molecule has 0 radical (unpaired) electrons. The van der Waals surface area contributed by atoms with E-state index < -0.39 is 35.9 Å². The molecule has 0 bridgehead atoms. The van der Waals surface area contributed by atoms with Gasteiger partial charge in [0.05, 0.1) is 6.04 Å². The van der Waals surface area contributed by atoms with E-state index in [-0.39, 0.29) is 37.7 Å². The van der Waals surface area contributed by atoms with Gasteiger partial charge in [0.25, 0.3) is 0 Å². The molecule has 0 spiro atoms. The zero-order valence-corrected chi connectivity index (χ0v) is 20.5. The zero-order chi connectivity index (χ0) is 27.4. The highest BCUT2D eigenvalue weighted by molar-refractivity contribution is 5.92. The molecular formula is C23H36N10O4. The molecule has 14 nitrogen and oxygen atoms in total. The topological polar surface area (TPSA) is 261 Å². The summed E-state index contributed by atoms with van der Waals surface area (Å²) in [6.45, 7) is 0.653. The third-order valence-corrected chi connectivity index (χ3v) is 5.68. The number of aromatic nitrogens is 1. The van der Waals surface area contributed by atoms with Crippen molar-refractivity contribution in [2.45, 2.75) is 50.2 Å². The molecule has 3 atom stereocenters. The fourth-order valence-corrected chi connectivity index (χ4v) is 3.75. The van der Waals surface area contributed by atoms with Crippen molar-refractivity contribution in [3.63, 3.8) is 0 Å². The number of carboxylic acid groups (broad SMARTS) is 1. The highest BCUT2D eigenvalue weighted by Gasteiger charge is 2.28. The number of H-pyrrole nitrogens is 1. The molecule has 2 amide bonds. The van der Waals surface area contributed by atoms with Gasteiger partial charge in [-0.3, -0.25) is 20.4 Å². The van der Waals surface area contributed by atoms with Crippen LogP contribution in [0.15, 0.2) is 30.5 Å². The lowest BCUT2D eigenvalue weighted by Crippen LogP contribution is -2.55. The number of amides is 2. The monoisotopic (exact) mass is 516 g/mol. The average molecular weight is 517 g/mol. The Bertz CT molecular complexity index is 1100. The second-order valence-corrected chi connectivity index (χ2v) is 8.60. The average Bonchev–Trinajstić information content (AvgIpc) is 3.25. The van der Waals surface area contributed by atoms with Gasteiger partial charge in [-0.1, -0.05) is 18.2 Å². The van der Waals surface area contributed by atoms with E-state index in [4.69, 9.17) is 28.0 Å². The molecular weight excluding hydrogens is 480 g/mol. The van der Waals surface area contributed by atoms with Crippen molar-refractivity contribution < 1.29 is 19.5 Å². The van der Waals surface area contributed by atoms with Gasteiger partial charge in [0.2, 0.25) is 11.8 Å². The summed E-state index contributed by atoms with van der Waals surface area (Å²) < 4.78 is 0. The van der Waals surface area contributed by atoms with Crippen LogP contribution in [0.25, 0.3) is 10.9 Å². The molecule has 0 fully saturated rings. The lowest BCUT2D eigenvalue weighted by atomic mass is 10.0. The van der Waals surface area contributed by atoms with Crippen LogP contribution in [0.2, 0.25) is 0 Å². The quantitative estimate of drug-likeness (QED) is 0.0755. The first-order chi connectivity index (χ1) is 17.6. The van der Waals surface area contributed by atoms with Gasteiger partial charge < -0.3 is 48.6 Å². The highest BCUT2D eigenvalue weighted by Crippen LogP contribution is 2.19. The molecule has 0 saturated heterocycles. The molecule has 14 N–H and O–H groups in total. The van der Waals surface area contributed by atoms with Gasteiger partial charge in [-0.05, 0) is 37.3 Å². The summed E-state index contributed by atoms with van der Waals surface area (Å²) >= 11 is 0. The van der Waals surface area contributed by atoms with Crippen LogP contribution in [0.4, 0.5) is 0 Å². The molecule has 2 aromatic rings. The maximum Gasteiger partial charge on any atom is 0.326 e. The second-order valence-electron chi connectivity index (χ2n) is 8.60. The Morgan fingerprint density at radius 1 is 0.919 bits per heavy atom. The van der Waals surface area contributed by atoms with Crippen LogP contribution in [0.5, 0.6) is 0 Å². The minimum Gasteiger partial charge on any atom is -0.480 e.